The zero-order chi connectivity index (χ0) is 14.2. The number of alkyl halides is 3. The number of aliphatic hydroxyl groups is 1. The summed E-state index contributed by atoms with van der Waals surface area (Å²) in [5.41, 5.74) is -0.318. The Labute approximate surface area is 108 Å². The second kappa shape index (κ2) is 4.85. The maximum atomic E-state index is 12.6. The molecule has 2 atom stereocenters. The Morgan fingerprint density at radius 2 is 2.11 bits per heavy atom. The van der Waals surface area contributed by atoms with Gasteiger partial charge in [-0.05, 0) is 24.6 Å². The summed E-state index contributed by atoms with van der Waals surface area (Å²) < 4.78 is 37.9. The highest BCUT2D eigenvalue weighted by Crippen LogP contribution is 2.32. The number of carbonyl (C=O) groups excluding carboxylic acids is 1. The van der Waals surface area contributed by atoms with Gasteiger partial charge in [0.05, 0.1) is 24.1 Å². The van der Waals surface area contributed by atoms with E-state index < -0.39 is 23.9 Å². The summed E-state index contributed by atoms with van der Waals surface area (Å²) in [6, 6.07) is 4.44. The number of likely N-dealkylation sites (tertiary alicyclic amines) is 1. The van der Waals surface area contributed by atoms with Crippen LogP contribution in [0.15, 0.2) is 24.3 Å². The maximum absolute atomic E-state index is 12.6. The van der Waals surface area contributed by atoms with Crippen LogP contribution in [0.1, 0.15) is 30.5 Å². The van der Waals surface area contributed by atoms with E-state index in [1.54, 1.807) is 13.0 Å². The van der Waals surface area contributed by atoms with Gasteiger partial charge in [-0.3, -0.25) is 4.79 Å². The summed E-state index contributed by atoms with van der Waals surface area (Å²) >= 11 is 0. The second-order valence-electron chi connectivity index (χ2n) is 4.70. The summed E-state index contributed by atoms with van der Waals surface area (Å²) in [6.45, 7) is 1.82. The van der Waals surface area contributed by atoms with Crippen LogP contribution in [0, 0.1) is 0 Å². The number of halogens is 3. The van der Waals surface area contributed by atoms with Gasteiger partial charge in [0.2, 0.25) is 5.91 Å². The lowest BCUT2D eigenvalue weighted by molar-refractivity contribution is -0.137. The Morgan fingerprint density at radius 1 is 1.42 bits per heavy atom. The summed E-state index contributed by atoms with van der Waals surface area (Å²) in [4.78, 5) is 13.0. The summed E-state index contributed by atoms with van der Waals surface area (Å²) in [7, 11) is 0. The number of rotatable bonds is 2. The molecular formula is C13H14F3NO2. The zero-order valence-corrected chi connectivity index (χ0v) is 10.3. The normalized spacial score (nSPS) is 21.8. The van der Waals surface area contributed by atoms with Crippen molar-refractivity contribution in [2.45, 2.75) is 31.7 Å². The van der Waals surface area contributed by atoms with Crippen molar-refractivity contribution in [2.24, 2.45) is 0 Å². The lowest BCUT2D eigenvalue weighted by Gasteiger charge is -2.25. The van der Waals surface area contributed by atoms with Gasteiger partial charge in [-0.15, -0.1) is 0 Å². The number of hydrogen-bond acceptors (Lipinski definition) is 2. The SMILES string of the molecule is CC(c1cccc(C(F)(F)F)c1)N1CC(O)CC1=O. The fraction of sp³-hybridized carbons (Fsp3) is 0.462. The number of β-amino-alcohol motifs (C(OH)–C–C–N with tert-alkyl or cyclic N) is 1. The lowest BCUT2D eigenvalue weighted by atomic mass is 10.0. The van der Waals surface area contributed by atoms with Gasteiger partial charge in [0.15, 0.2) is 0 Å². The van der Waals surface area contributed by atoms with Crippen molar-refractivity contribution in [3.63, 3.8) is 0 Å². The van der Waals surface area contributed by atoms with E-state index in [9.17, 15) is 23.1 Å². The van der Waals surface area contributed by atoms with Crippen LogP contribution >= 0.6 is 0 Å². The minimum Gasteiger partial charge on any atom is -0.391 e. The molecule has 1 aliphatic heterocycles. The molecule has 2 rings (SSSR count). The van der Waals surface area contributed by atoms with E-state index in [-0.39, 0.29) is 18.9 Å². The maximum Gasteiger partial charge on any atom is 0.416 e. The molecule has 2 unspecified atom stereocenters. The van der Waals surface area contributed by atoms with Crippen molar-refractivity contribution in [3.8, 4) is 0 Å². The van der Waals surface area contributed by atoms with E-state index in [1.165, 1.54) is 11.0 Å². The van der Waals surface area contributed by atoms with E-state index in [1.807, 2.05) is 0 Å². The smallest absolute Gasteiger partial charge is 0.391 e. The van der Waals surface area contributed by atoms with Gasteiger partial charge in [0, 0.05) is 6.54 Å². The minimum absolute atomic E-state index is 0.0311. The molecule has 1 fully saturated rings. The molecule has 19 heavy (non-hydrogen) atoms. The number of carbonyl (C=O) groups is 1. The predicted molar refractivity (Wildman–Crippen MR) is 62.2 cm³/mol. The minimum atomic E-state index is -4.40. The molecule has 3 nitrogen and oxygen atoms in total. The van der Waals surface area contributed by atoms with E-state index in [2.05, 4.69) is 0 Å². The molecule has 6 heteroatoms. The monoisotopic (exact) mass is 273 g/mol. The average Bonchev–Trinajstić information content (AvgIpc) is 2.66. The van der Waals surface area contributed by atoms with Gasteiger partial charge in [-0.2, -0.15) is 13.2 Å². The quantitative estimate of drug-likeness (QED) is 0.898. The number of amides is 1. The third kappa shape index (κ3) is 2.89. The molecule has 104 valence electrons. The largest absolute Gasteiger partial charge is 0.416 e. The third-order valence-electron chi connectivity index (χ3n) is 3.30. The highest BCUT2D eigenvalue weighted by Gasteiger charge is 2.34. The number of benzene rings is 1. The summed E-state index contributed by atoms with van der Waals surface area (Å²) in [6.07, 6.45) is -5.10. The molecule has 1 aliphatic rings. The van der Waals surface area contributed by atoms with Crippen molar-refractivity contribution >= 4 is 5.91 Å². The van der Waals surface area contributed by atoms with Gasteiger partial charge in [-0.25, -0.2) is 0 Å². The molecule has 1 amide bonds. The van der Waals surface area contributed by atoms with Gasteiger partial charge in [-0.1, -0.05) is 12.1 Å². The van der Waals surface area contributed by atoms with Crippen molar-refractivity contribution < 1.29 is 23.1 Å². The molecule has 0 aliphatic carbocycles. The van der Waals surface area contributed by atoms with Crippen LogP contribution in [0.5, 0.6) is 0 Å². The molecule has 0 bridgehead atoms. The van der Waals surface area contributed by atoms with E-state index in [0.717, 1.165) is 12.1 Å². The van der Waals surface area contributed by atoms with E-state index in [0.29, 0.717) is 5.56 Å². The third-order valence-corrected chi connectivity index (χ3v) is 3.30. The molecule has 1 N–H and O–H groups in total. The molecule has 1 saturated heterocycles. The molecule has 1 aromatic carbocycles. The molecule has 0 radical (unpaired) electrons. The Balaban J connectivity index is 2.25. The van der Waals surface area contributed by atoms with Crippen molar-refractivity contribution in [1.82, 2.24) is 4.90 Å². The van der Waals surface area contributed by atoms with Gasteiger partial charge in [0.25, 0.3) is 0 Å². The van der Waals surface area contributed by atoms with E-state index in [4.69, 9.17) is 0 Å². The van der Waals surface area contributed by atoms with Gasteiger partial charge < -0.3 is 10.0 Å². The highest BCUT2D eigenvalue weighted by molar-refractivity contribution is 5.79. The van der Waals surface area contributed by atoms with Gasteiger partial charge in [0.1, 0.15) is 0 Å². The Bertz CT molecular complexity index is 487. The van der Waals surface area contributed by atoms with Gasteiger partial charge >= 0.3 is 6.18 Å². The number of aliphatic hydroxyl groups excluding tert-OH is 1. The van der Waals surface area contributed by atoms with Crippen LogP contribution in [0.3, 0.4) is 0 Å². The Kier molecular flexibility index (Phi) is 3.54. The van der Waals surface area contributed by atoms with E-state index >= 15 is 0 Å². The summed E-state index contributed by atoms with van der Waals surface area (Å²) in [5.74, 6) is -0.239. The second-order valence-corrected chi connectivity index (χ2v) is 4.70. The van der Waals surface area contributed by atoms with Crippen molar-refractivity contribution in [2.75, 3.05) is 6.54 Å². The molecule has 1 heterocycles. The molecule has 0 spiro atoms. The van der Waals surface area contributed by atoms with Crippen LogP contribution in [-0.2, 0) is 11.0 Å². The van der Waals surface area contributed by atoms with Crippen LogP contribution in [0.4, 0.5) is 13.2 Å². The van der Waals surface area contributed by atoms with Crippen LogP contribution < -0.4 is 0 Å². The molecule has 0 aromatic heterocycles. The number of hydrogen-bond donors (Lipinski definition) is 1. The number of nitrogens with zero attached hydrogens (tertiary/aromatic N) is 1. The van der Waals surface area contributed by atoms with Crippen molar-refractivity contribution in [1.29, 1.82) is 0 Å². The van der Waals surface area contributed by atoms with Crippen LogP contribution in [0.2, 0.25) is 0 Å². The van der Waals surface area contributed by atoms with Crippen LogP contribution in [-0.4, -0.2) is 28.6 Å². The molecular weight excluding hydrogens is 259 g/mol. The molecule has 1 aromatic rings. The molecule has 0 saturated carbocycles. The summed E-state index contributed by atoms with van der Waals surface area (Å²) in [5, 5.41) is 9.41. The standard InChI is InChI=1S/C13H14F3NO2/c1-8(17-7-11(18)6-12(17)19)9-3-2-4-10(5-9)13(14,15)16/h2-5,8,11,18H,6-7H2,1H3. The first-order valence-corrected chi connectivity index (χ1v) is 5.93. The van der Waals surface area contributed by atoms with Crippen LogP contribution in [0.25, 0.3) is 0 Å². The first kappa shape index (κ1) is 13.9. The predicted octanol–water partition coefficient (Wildman–Crippen LogP) is 2.36. The fourth-order valence-electron chi connectivity index (χ4n) is 2.24. The Hall–Kier alpha value is -1.56. The Morgan fingerprint density at radius 3 is 2.63 bits per heavy atom. The average molecular weight is 273 g/mol. The zero-order valence-electron chi connectivity index (χ0n) is 10.3. The first-order valence-electron chi connectivity index (χ1n) is 5.93. The lowest BCUT2D eigenvalue weighted by Crippen LogP contribution is -2.29. The first-order chi connectivity index (χ1) is 8.79. The highest BCUT2D eigenvalue weighted by atomic mass is 19.4. The topological polar surface area (TPSA) is 40.5 Å². The fourth-order valence-corrected chi connectivity index (χ4v) is 2.24. The van der Waals surface area contributed by atoms with Crippen molar-refractivity contribution in [3.05, 3.63) is 35.4 Å².